The van der Waals surface area contributed by atoms with Gasteiger partial charge in [0.25, 0.3) is 0 Å². The van der Waals surface area contributed by atoms with E-state index in [0.717, 1.165) is 19.3 Å². The third kappa shape index (κ3) is 4.38. The van der Waals surface area contributed by atoms with Gasteiger partial charge in [-0.3, -0.25) is 10.1 Å². The summed E-state index contributed by atoms with van der Waals surface area (Å²) in [5.41, 5.74) is -0.950. The number of fused-ring (bicyclic) bond motifs is 1. The first kappa shape index (κ1) is 18.7. The summed E-state index contributed by atoms with van der Waals surface area (Å²) in [5, 5.41) is 21.5. The Bertz CT molecular complexity index is 1030. The Morgan fingerprint density at radius 3 is 2.59 bits per heavy atom. The van der Waals surface area contributed by atoms with Gasteiger partial charge in [-0.1, -0.05) is 23.7 Å². The summed E-state index contributed by atoms with van der Waals surface area (Å²) in [4.78, 5) is 21.5. The van der Waals surface area contributed by atoms with Gasteiger partial charge in [0.15, 0.2) is 0 Å². The molecule has 1 heterocycles. The first-order valence-electron chi connectivity index (χ1n) is 8.27. The second-order valence-electron chi connectivity index (χ2n) is 5.93. The Labute approximate surface area is 158 Å². The maximum absolute atomic E-state index is 11.6. The van der Waals surface area contributed by atoms with Gasteiger partial charge in [-0.05, 0) is 49.1 Å². The van der Waals surface area contributed by atoms with Crippen molar-refractivity contribution < 1.29 is 19.2 Å². The predicted molar refractivity (Wildman–Crippen MR) is 101 cm³/mol. The number of aromatic hydroxyl groups is 1. The van der Waals surface area contributed by atoms with Crippen molar-refractivity contribution in [3.05, 3.63) is 73.6 Å². The molecule has 0 aliphatic carbocycles. The van der Waals surface area contributed by atoms with Gasteiger partial charge in [-0.15, -0.1) is 0 Å². The van der Waals surface area contributed by atoms with Crippen molar-refractivity contribution in [3.63, 3.8) is 0 Å². The van der Waals surface area contributed by atoms with Crippen LogP contribution in [0.5, 0.6) is 11.5 Å². The summed E-state index contributed by atoms with van der Waals surface area (Å²) >= 11 is 5.85. The van der Waals surface area contributed by atoms with Crippen LogP contribution >= 0.6 is 11.6 Å². The summed E-state index contributed by atoms with van der Waals surface area (Å²) < 4.78 is 10.6. The van der Waals surface area contributed by atoms with Crippen molar-refractivity contribution in [2.24, 2.45) is 0 Å². The molecule has 0 aliphatic heterocycles. The van der Waals surface area contributed by atoms with Crippen molar-refractivity contribution in [2.75, 3.05) is 6.61 Å². The Morgan fingerprint density at radius 1 is 1.15 bits per heavy atom. The van der Waals surface area contributed by atoms with Crippen LogP contribution in [-0.2, 0) is 6.42 Å². The molecule has 3 aromatic rings. The molecule has 0 saturated carbocycles. The standard InChI is InChI=1S/C19H16ClNO6/c20-13-6-4-12(5-7-13)3-1-2-10-26-14-8-9-15-16(11-14)27-19(23)17(18(15)22)21(24)25/h4-9,11,22H,1-3,10H2. The number of nitro groups is 1. The quantitative estimate of drug-likeness (QED) is 0.277. The number of halogens is 1. The molecule has 2 aromatic carbocycles. The van der Waals surface area contributed by atoms with Gasteiger partial charge < -0.3 is 14.3 Å². The van der Waals surface area contributed by atoms with E-state index in [1.54, 1.807) is 6.07 Å². The van der Waals surface area contributed by atoms with Gasteiger partial charge in [0.2, 0.25) is 5.75 Å². The molecule has 0 aliphatic rings. The molecule has 0 amide bonds. The zero-order valence-corrected chi connectivity index (χ0v) is 14.9. The number of rotatable bonds is 7. The smallest absolute Gasteiger partial charge is 0.419 e. The molecule has 27 heavy (non-hydrogen) atoms. The fraction of sp³-hybridized carbons (Fsp3) is 0.211. The number of benzene rings is 2. The summed E-state index contributed by atoms with van der Waals surface area (Å²) in [6.07, 6.45) is 2.65. The fourth-order valence-electron chi connectivity index (χ4n) is 2.68. The molecule has 0 unspecified atom stereocenters. The summed E-state index contributed by atoms with van der Waals surface area (Å²) in [6, 6.07) is 12.1. The molecule has 0 saturated heterocycles. The average Bonchev–Trinajstić information content (AvgIpc) is 2.62. The normalized spacial score (nSPS) is 10.9. The van der Waals surface area contributed by atoms with Crippen molar-refractivity contribution in [2.45, 2.75) is 19.3 Å². The molecule has 1 aromatic heterocycles. The minimum absolute atomic E-state index is 0.0294. The van der Waals surface area contributed by atoms with Gasteiger partial charge in [0, 0.05) is 11.1 Å². The maximum Gasteiger partial charge on any atom is 0.419 e. The van der Waals surface area contributed by atoms with Gasteiger partial charge >= 0.3 is 11.3 Å². The first-order chi connectivity index (χ1) is 13.0. The zero-order chi connectivity index (χ0) is 19.4. The SMILES string of the molecule is O=c1oc2cc(OCCCCc3ccc(Cl)cc3)ccc2c(O)c1[N+](=O)[O-]. The van der Waals surface area contributed by atoms with Crippen LogP contribution in [0.3, 0.4) is 0 Å². The van der Waals surface area contributed by atoms with Crippen LogP contribution in [0.25, 0.3) is 11.0 Å². The van der Waals surface area contributed by atoms with Gasteiger partial charge in [-0.2, -0.15) is 0 Å². The highest BCUT2D eigenvalue weighted by molar-refractivity contribution is 6.30. The number of hydrogen-bond donors (Lipinski definition) is 1. The lowest BCUT2D eigenvalue weighted by molar-refractivity contribution is -0.388. The van der Waals surface area contributed by atoms with Crippen molar-refractivity contribution in [1.82, 2.24) is 0 Å². The van der Waals surface area contributed by atoms with Crippen LogP contribution in [-0.4, -0.2) is 16.6 Å². The van der Waals surface area contributed by atoms with Crippen LogP contribution in [0, 0.1) is 10.1 Å². The molecule has 7 nitrogen and oxygen atoms in total. The van der Waals surface area contributed by atoms with Gasteiger partial charge in [0.05, 0.1) is 16.9 Å². The highest BCUT2D eigenvalue weighted by atomic mass is 35.5. The van der Waals surface area contributed by atoms with Crippen molar-refractivity contribution >= 4 is 28.3 Å². The molecular formula is C19H16ClNO6. The lowest BCUT2D eigenvalue weighted by atomic mass is 10.1. The van der Waals surface area contributed by atoms with E-state index in [1.807, 2.05) is 24.3 Å². The molecule has 3 rings (SSSR count). The minimum atomic E-state index is -1.20. The molecule has 0 radical (unpaired) electrons. The van der Waals surface area contributed by atoms with Crippen LogP contribution < -0.4 is 10.4 Å². The fourth-order valence-corrected chi connectivity index (χ4v) is 2.80. The highest BCUT2D eigenvalue weighted by Crippen LogP contribution is 2.32. The Balaban J connectivity index is 1.61. The summed E-state index contributed by atoms with van der Waals surface area (Å²) in [7, 11) is 0. The van der Waals surface area contributed by atoms with E-state index in [2.05, 4.69) is 0 Å². The molecule has 0 fully saturated rings. The highest BCUT2D eigenvalue weighted by Gasteiger charge is 2.24. The molecule has 0 bridgehead atoms. The second-order valence-corrected chi connectivity index (χ2v) is 6.37. The van der Waals surface area contributed by atoms with Gasteiger partial charge in [-0.25, -0.2) is 4.79 Å². The van der Waals surface area contributed by atoms with Crippen molar-refractivity contribution in [3.8, 4) is 11.5 Å². The zero-order valence-electron chi connectivity index (χ0n) is 14.2. The molecule has 8 heteroatoms. The Morgan fingerprint density at radius 2 is 1.89 bits per heavy atom. The van der Waals surface area contributed by atoms with E-state index < -0.39 is 22.0 Å². The van der Waals surface area contributed by atoms with E-state index in [4.69, 9.17) is 20.8 Å². The molecule has 0 spiro atoms. The number of unbranched alkanes of at least 4 members (excludes halogenated alkanes) is 1. The topological polar surface area (TPSA) is 103 Å². The Hall–Kier alpha value is -3.06. The monoisotopic (exact) mass is 389 g/mol. The van der Waals surface area contributed by atoms with E-state index >= 15 is 0 Å². The molecular weight excluding hydrogens is 374 g/mol. The predicted octanol–water partition coefficient (Wildman–Crippen LogP) is 4.46. The van der Waals surface area contributed by atoms with E-state index in [0.29, 0.717) is 17.4 Å². The van der Waals surface area contributed by atoms with Crippen LogP contribution in [0.4, 0.5) is 5.69 Å². The first-order valence-corrected chi connectivity index (χ1v) is 8.65. The van der Waals surface area contributed by atoms with E-state index in [-0.39, 0.29) is 11.0 Å². The van der Waals surface area contributed by atoms with Crippen LogP contribution in [0.15, 0.2) is 51.7 Å². The molecule has 1 N–H and O–H groups in total. The third-order valence-electron chi connectivity index (χ3n) is 4.05. The van der Waals surface area contributed by atoms with Gasteiger partial charge in [0.1, 0.15) is 11.3 Å². The van der Waals surface area contributed by atoms with E-state index in [9.17, 15) is 20.0 Å². The number of ether oxygens (including phenoxy) is 1. The number of aryl methyl sites for hydroxylation is 1. The number of hydrogen-bond acceptors (Lipinski definition) is 6. The summed E-state index contributed by atoms with van der Waals surface area (Å²) in [6.45, 7) is 0.461. The van der Waals surface area contributed by atoms with Crippen molar-refractivity contribution in [1.29, 1.82) is 0 Å². The van der Waals surface area contributed by atoms with Crippen LogP contribution in [0.1, 0.15) is 18.4 Å². The summed E-state index contributed by atoms with van der Waals surface area (Å²) in [5.74, 6) is -0.258. The lowest BCUT2D eigenvalue weighted by Gasteiger charge is -2.07. The Kier molecular flexibility index (Phi) is 5.61. The van der Waals surface area contributed by atoms with Crippen LogP contribution in [0.2, 0.25) is 5.02 Å². The molecule has 140 valence electrons. The third-order valence-corrected chi connectivity index (χ3v) is 4.30. The molecule has 0 atom stereocenters. The number of nitrogens with zero attached hydrogens (tertiary/aromatic N) is 1. The largest absolute Gasteiger partial charge is 0.501 e. The average molecular weight is 390 g/mol. The second kappa shape index (κ2) is 8.09. The maximum atomic E-state index is 11.6. The lowest BCUT2D eigenvalue weighted by Crippen LogP contribution is -2.07. The minimum Gasteiger partial charge on any atom is -0.501 e. The van der Waals surface area contributed by atoms with E-state index in [1.165, 1.54) is 17.7 Å².